The van der Waals surface area contributed by atoms with Gasteiger partial charge < -0.3 is 5.32 Å². The Morgan fingerprint density at radius 3 is 2.77 bits per heavy atom. The Labute approximate surface area is 205 Å². The molecule has 178 valence electrons. The van der Waals surface area contributed by atoms with Gasteiger partial charge in [-0.15, -0.1) is 0 Å². The predicted octanol–water partition coefficient (Wildman–Crippen LogP) is 4.93. The van der Waals surface area contributed by atoms with Crippen LogP contribution in [0.2, 0.25) is 0 Å². The van der Waals surface area contributed by atoms with Gasteiger partial charge in [0.25, 0.3) is 0 Å². The fourth-order valence-corrected chi connectivity index (χ4v) is 5.71. The maximum atomic E-state index is 14.9. The van der Waals surface area contributed by atoms with Crippen LogP contribution < -0.4 is 5.32 Å². The summed E-state index contributed by atoms with van der Waals surface area (Å²) in [5, 5.41) is 22.1. The second-order valence-electron chi connectivity index (χ2n) is 8.49. The summed E-state index contributed by atoms with van der Waals surface area (Å²) in [7, 11) is 0. The fraction of sp³-hybridized carbons (Fsp3) is 0.280. The van der Waals surface area contributed by atoms with Crippen molar-refractivity contribution < 1.29 is 8.78 Å². The van der Waals surface area contributed by atoms with Gasteiger partial charge in [-0.1, -0.05) is 11.8 Å². The zero-order valence-electron chi connectivity index (χ0n) is 19.1. The van der Waals surface area contributed by atoms with E-state index in [1.807, 2.05) is 25.4 Å². The van der Waals surface area contributed by atoms with Crippen molar-refractivity contribution >= 4 is 24.0 Å². The van der Waals surface area contributed by atoms with Crippen molar-refractivity contribution in [2.75, 3.05) is 13.1 Å². The van der Waals surface area contributed by atoms with E-state index in [9.17, 15) is 14.0 Å². The minimum absolute atomic E-state index is 0.0689. The number of aromatic nitrogens is 4. The van der Waals surface area contributed by atoms with Crippen LogP contribution in [0, 0.1) is 29.9 Å². The number of aliphatic imine (C=N–C) groups is 1. The minimum Gasteiger partial charge on any atom is -0.317 e. The van der Waals surface area contributed by atoms with Gasteiger partial charge in [0, 0.05) is 34.0 Å². The molecule has 0 spiro atoms. The Bertz CT molecular complexity index is 1460. The Morgan fingerprint density at radius 1 is 1.23 bits per heavy atom. The number of halogens is 2. The van der Waals surface area contributed by atoms with Crippen LogP contribution in [0.25, 0.3) is 16.6 Å². The topological polar surface area (TPSA) is 83.3 Å². The van der Waals surface area contributed by atoms with Gasteiger partial charge in [-0.2, -0.15) is 15.5 Å². The zero-order chi connectivity index (χ0) is 24.5. The van der Waals surface area contributed by atoms with E-state index in [4.69, 9.17) is 0 Å². The quantitative estimate of drug-likeness (QED) is 0.387. The highest BCUT2D eigenvalue weighted by Gasteiger charge is 2.22. The Balaban J connectivity index is 1.63. The van der Waals surface area contributed by atoms with Gasteiger partial charge in [-0.3, -0.25) is 9.67 Å². The molecule has 4 aromatic rings. The largest absolute Gasteiger partial charge is 0.317 e. The standard InChI is InChI=1S/C25H23F2N7S/c1-15-21(13-32-34(15)20-3-5-30-6-4-20)17-8-23(24-18(10-28)12-31-33(24)14-17)35-25-16(11-29-2)7-19(26)9-22(25)27/h7-9,12-14,20,30H,2-6,11H2,1H3. The molecule has 1 aromatic carbocycles. The highest BCUT2D eigenvalue weighted by atomic mass is 32.2. The summed E-state index contributed by atoms with van der Waals surface area (Å²) in [5.41, 5.74) is 4.13. The molecule has 0 bridgehead atoms. The number of nitrogens with one attached hydrogen (secondary N) is 1. The third kappa shape index (κ3) is 4.33. The Kier molecular flexibility index (Phi) is 6.36. The first-order chi connectivity index (χ1) is 17.0. The number of benzene rings is 1. The highest BCUT2D eigenvalue weighted by Crippen LogP contribution is 2.39. The van der Waals surface area contributed by atoms with Crippen LogP contribution in [0.3, 0.4) is 0 Å². The zero-order valence-corrected chi connectivity index (χ0v) is 19.9. The van der Waals surface area contributed by atoms with Crippen molar-refractivity contribution in [1.29, 1.82) is 5.26 Å². The summed E-state index contributed by atoms with van der Waals surface area (Å²) in [5.74, 6) is -1.36. The highest BCUT2D eigenvalue weighted by molar-refractivity contribution is 7.99. The number of hydrogen-bond donors (Lipinski definition) is 1. The van der Waals surface area contributed by atoms with Crippen LogP contribution in [-0.2, 0) is 6.54 Å². The molecule has 0 atom stereocenters. The molecule has 35 heavy (non-hydrogen) atoms. The molecule has 1 aliphatic heterocycles. The van der Waals surface area contributed by atoms with E-state index in [1.54, 1.807) is 4.52 Å². The summed E-state index contributed by atoms with van der Waals surface area (Å²) < 4.78 is 32.5. The fourth-order valence-electron chi connectivity index (χ4n) is 4.59. The predicted molar refractivity (Wildman–Crippen MR) is 131 cm³/mol. The number of fused-ring (bicyclic) bond motifs is 1. The van der Waals surface area contributed by atoms with Crippen LogP contribution >= 0.6 is 11.8 Å². The second kappa shape index (κ2) is 9.60. The Hall–Kier alpha value is -3.55. The maximum Gasteiger partial charge on any atom is 0.140 e. The first-order valence-corrected chi connectivity index (χ1v) is 12.1. The van der Waals surface area contributed by atoms with Gasteiger partial charge >= 0.3 is 0 Å². The first kappa shape index (κ1) is 23.2. The normalized spacial score (nSPS) is 14.3. The number of rotatable bonds is 6. The van der Waals surface area contributed by atoms with Gasteiger partial charge in [-0.05, 0) is 57.3 Å². The van der Waals surface area contributed by atoms with E-state index in [2.05, 4.69) is 38.0 Å². The second-order valence-corrected chi connectivity index (χ2v) is 9.54. The summed E-state index contributed by atoms with van der Waals surface area (Å²) in [4.78, 5) is 4.69. The molecule has 0 amide bonds. The van der Waals surface area contributed by atoms with E-state index in [0.29, 0.717) is 27.6 Å². The molecule has 0 radical (unpaired) electrons. The molecule has 0 saturated carbocycles. The number of pyridine rings is 1. The van der Waals surface area contributed by atoms with E-state index in [1.165, 1.54) is 12.3 Å². The summed E-state index contributed by atoms with van der Waals surface area (Å²) in [6.07, 6.45) is 7.20. The van der Waals surface area contributed by atoms with E-state index in [0.717, 1.165) is 60.6 Å². The smallest absolute Gasteiger partial charge is 0.140 e. The van der Waals surface area contributed by atoms with Crippen molar-refractivity contribution in [1.82, 2.24) is 24.7 Å². The Morgan fingerprint density at radius 2 is 2.03 bits per heavy atom. The molecule has 5 rings (SSSR count). The molecule has 1 fully saturated rings. The van der Waals surface area contributed by atoms with Gasteiger partial charge in [-0.25, -0.2) is 13.3 Å². The summed E-state index contributed by atoms with van der Waals surface area (Å²) >= 11 is 1.13. The van der Waals surface area contributed by atoms with Crippen LogP contribution in [0.5, 0.6) is 0 Å². The van der Waals surface area contributed by atoms with Crippen LogP contribution in [0.15, 0.2) is 51.6 Å². The molecule has 4 heterocycles. The van der Waals surface area contributed by atoms with Crippen molar-refractivity contribution in [3.63, 3.8) is 0 Å². The summed E-state index contributed by atoms with van der Waals surface area (Å²) in [6.45, 7) is 7.49. The SMILES string of the molecule is C=NCc1cc(F)cc(F)c1Sc1cc(-c2cnn(C3CCNCC3)c2C)cn2ncc(C#N)c12. The van der Waals surface area contributed by atoms with E-state index >= 15 is 0 Å². The molecule has 1 N–H and O–H groups in total. The molecular formula is C25H23F2N7S. The summed E-state index contributed by atoms with van der Waals surface area (Å²) in [6, 6.07) is 6.51. The minimum atomic E-state index is -0.690. The molecule has 7 nitrogen and oxygen atoms in total. The van der Waals surface area contributed by atoms with E-state index in [-0.39, 0.29) is 11.4 Å². The molecular weight excluding hydrogens is 468 g/mol. The number of nitrogens with zero attached hydrogens (tertiary/aromatic N) is 6. The van der Waals surface area contributed by atoms with Crippen LogP contribution in [0.4, 0.5) is 8.78 Å². The third-order valence-corrected chi connectivity index (χ3v) is 7.48. The number of nitriles is 1. The lowest BCUT2D eigenvalue weighted by Gasteiger charge is -2.24. The van der Waals surface area contributed by atoms with Gasteiger partial charge in [0.15, 0.2) is 0 Å². The lowest BCUT2D eigenvalue weighted by molar-refractivity contribution is 0.338. The average molecular weight is 492 g/mol. The monoisotopic (exact) mass is 491 g/mol. The van der Waals surface area contributed by atoms with Crippen LogP contribution in [-0.4, -0.2) is 39.2 Å². The molecule has 3 aromatic heterocycles. The van der Waals surface area contributed by atoms with Crippen molar-refractivity contribution in [2.24, 2.45) is 4.99 Å². The third-order valence-electron chi connectivity index (χ3n) is 6.29. The van der Waals surface area contributed by atoms with Crippen molar-refractivity contribution in [3.05, 3.63) is 65.2 Å². The van der Waals surface area contributed by atoms with Gasteiger partial charge in [0.2, 0.25) is 0 Å². The number of piperidine rings is 1. The van der Waals surface area contributed by atoms with Gasteiger partial charge in [0.05, 0.1) is 41.0 Å². The molecule has 1 saturated heterocycles. The van der Waals surface area contributed by atoms with Crippen molar-refractivity contribution in [3.8, 4) is 17.2 Å². The molecule has 1 aliphatic rings. The maximum absolute atomic E-state index is 14.9. The molecule has 0 unspecified atom stereocenters. The molecule has 10 heteroatoms. The lowest BCUT2D eigenvalue weighted by atomic mass is 10.1. The van der Waals surface area contributed by atoms with Crippen molar-refractivity contribution in [2.45, 2.75) is 42.1 Å². The number of hydrogen-bond acceptors (Lipinski definition) is 6. The van der Waals surface area contributed by atoms with Gasteiger partial charge in [0.1, 0.15) is 17.7 Å². The average Bonchev–Trinajstić information content (AvgIpc) is 3.45. The van der Waals surface area contributed by atoms with Crippen LogP contribution in [0.1, 0.15) is 35.7 Å². The lowest BCUT2D eigenvalue weighted by Crippen LogP contribution is -2.30. The van der Waals surface area contributed by atoms with E-state index < -0.39 is 11.6 Å². The first-order valence-electron chi connectivity index (χ1n) is 11.2. The molecule has 0 aliphatic carbocycles.